The van der Waals surface area contributed by atoms with Gasteiger partial charge in [-0.1, -0.05) is 69.6 Å². The Kier molecular flexibility index (Phi) is 11.9. The largest absolute Gasteiger partial charge is 0.487 e. The highest BCUT2D eigenvalue weighted by atomic mass is 35.6. The first kappa shape index (κ1) is 28.1. The van der Waals surface area contributed by atoms with Gasteiger partial charge < -0.3 is 18.9 Å². The maximum atomic E-state index is 5.79. The summed E-state index contributed by atoms with van der Waals surface area (Å²) < 4.78 is 19.5. The van der Waals surface area contributed by atoms with E-state index in [9.17, 15) is 0 Å². The second-order valence-electron chi connectivity index (χ2n) is 6.92. The first-order valence-electron chi connectivity index (χ1n) is 8.63. The Bertz CT molecular complexity index is 571. The topological polar surface area (TPSA) is 49.3 Å². The molecule has 0 bridgehead atoms. The number of rotatable bonds is 11. The predicted molar refractivity (Wildman–Crippen MR) is 125 cm³/mol. The second kappa shape index (κ2) is 12.3. The summed E-state index contributed by atoms with van der Waals surface area (Å²) in [5.74, 6) is 1.75. The van der Waals surface area contributed by atoms with Crippen LogP contribution in [0.4, 0.5) is 0 Å². The van der Waals surface area contributed by atoms with Crippen molar-refractivity contribution in [2.45, 2.75) is 53.0 Å². The van der Waals surface area contributed by atoms with Crippen molar-refractivity contribution >= 4 is 87.3 Å². The molecule has 0 aromatic carbocycles. The molecule has 0 saturated heterocycles. The molecule has 0 atom stereocenters. The van der Waals surface area contributed by atoms with Gasteiger partial charge in [0.1, 0.15) is 18.3 Å². The van der Waals surface area contributed by atoms with Crippen molar-refractivity contribution in [1.29, 1.82) is 0 Å². The van der Waals surface area contributed by atoms with Crippen LogP contribution in [0.2, 0.25) is 0 Å². The highest BCUT2D eigenvalue weighted by Gasteiger charge is 2.31. The average molecular weight is 552 g/mol. The lowest BCUT2D eigenvalue weighted by atomic mass is 10.1. The summed E-state index contributed by atoms with van der Waals surface area (Å²) in [6.07, 6.45) is 2.02. The van der Waals surface area contributed by atoms with Gasteiger partial charge in [-0.15, -0.1) is 11.8 Å². The molecule has 29 heavy (non-hydrogen) atoms. The van der Waals surface area contributed by atoms with E-state index in [1.807, 2.05) is 27.0 Å². The number of aliphatic imine (C=N–C) groups is 1. The molecular weight excluding hydrogens is 527 g/mol. The summed E-state index contributed by atoms with van der Waals surface area (Å²) in [7, 11) is 0. The molecule has 1 rings (SSSR count). The molecule has 170 valence electrons. The van der Waals surface area contributed by atoms with Gasteiger partial charge in [-0.25, -0.2) is 4.99 Å². The third kappa shape index (κ3) is 12.6. The van der Waals surface area contributed by atoms with E-state index >= 15 is 0 Å². The molecule has 0 radical (unpaired) electrons. The molecule has 0 aromatic heterocycles. The molecule has 0 spiro atoms. The van der Waals surface area contributed by atoms with Crippen LogP contribution < -0.4 is 0 Å². The van der Waals surface area contributed by atoms with E-state index in [2.05, 4.69) is 4.99 Å². The number of halogens is 6. The van der Waals surface area contributed by atoms with Crippen LogP contribution in [-0.4, -0.2) is 57.3 Å². The molecule has 0 amide bonds. The van der Waals surface area contributed by atoms with E-state index < -0.39 is 13.9 Å². The van der Waals surface area contributed by atoms with Crippen LogP contribution in [0.15, 0.2) is 16.3 Å². The molecule has 0 N–H and O–H groups in total. The molecule has 1 aliphatic rings. The third-order valence-corrected chi connectivity index (χ3v) is 4.55. The summed E-state index contributed by atoms with van der Waals surface area (Å²) in [5, 5.41) is 0. The van der Waals surface area contributed by atoms with Crippen LogP contribution in [0.3, 0.4) is 0 Å². The molecule has 12 heteroatoms. The third-order valence-electron chi connectivity index (χ3n) is 3.54. The molecule has 5 nitrogen and oxygen atoms in total. The second-order valence-corrected chi connectivity index (χ2v) is 12.8. The zero-order valence-electron chi connectivity index (χ0n) is 16.6. The Labute approximate surface area is 206 Å². The fraction of sp³-hybridized carbons (Fsp3) is 0.824. The monoisotopic (exact) mass is 549 g/mol. The van der Waals surface area contributed by atoms with Crippen molar-refractivity contribution in [1.82, 2.24) is 0 Å². The maximum Gasteiger partial charge on any atom is 0.216 e. The Hall–Kier alpha value is 1.02. The van der Waals surface area contributed by atoms with Gasteiger partial charge in [-0.2, -0.15) is 0 Å². The minimum atomic E-state index is -1.60. The number of hydrogen-bond acceptors (Lipinski definition) is 6. The normalized spacial score (nSPS) is 17.8. The SMILES string of the molecule is CSCO/C(C)=C(\CCC(OCC(Cl)(Cl)Cl)OCC(Cl)(Cl)Cl)C1=NC(C)(C)CO1. The molecule has 0 aliphatic carbocycles. The zero-order valence-corrected chi connectivity index (χ0v) is 21.9. The molecule has 0 fully saturated rings. The number of allylic oxidation sites excluding steroid dienone is 1. The fourth-order valence-corrected chi connectivity index (χ4v) is 2.93. The van der Waals surface area contributed by atoms with E-state index in [0.717, 1.165) is 5.57 Å². The highest BCUT2D eigenvalue weighted by molar-refractivity contribution is 7.98. The first-order chi connectivity index (χ1) is 13.2. The van der Waals surface area contributed by atoms with E-state index in [0.29, 0.717) is 37.0 Å². The lowest BCUT2D eigenvalue weighted by Gasteiger charge is -2.23. The molecular formula is C17H25Cl6NO4S. The van der Waals surface area contributed by atoms with Crippen LogP contribution in [0.1, 0.15) is 33.6 Å². The van der Waals surface area contributed by atoms with Crippen LogP contribution in [-0.2, 0) is 18.9 Å². The summed E-state index contributed by atoms with van der Waals surface area (Å²) in [5.41, 5.74) is 0.502. The quantitative estimate of drug-likeness (QED) is 0.163. The van der Waals surface area contributed by atoms with Crippen LogP contribution in [0.25, 0.3) is 0 Å². The standard InChI is InChI=1S/C17H25Cl6NO4S/c1-11(28-10-29-4)12(14-24-15(2,3)7-27-14)5-6-13(25-8-16(18,19)20)26-9-17(21,22)23/h13H,5-10H2,1-4H3/b12-11+. The van der Waals surface area contributed by atoms with Crippen molar-refractivity contribution in [3.63, 3.8) is 0 Å². The minimum Gasteiger partial charge on any atom is -0.487 e. The van der Waals surface area contributed by atoms with Gasteiger partial charge >= 0.3 is 0 Å². The number of hydrogen-bond donors (Lipinski definition) is 0. The Morgan fingerprint density at radius 2 is 1.69 bits per heavy atom. The molecule has 0 saturated carbocycles. The lowest BCUT2D eigenvalue weighted by molar-refractivity contribution is -0.143. The number of ether oxygens (including phenoxy) is 4. The van der Waals surface area contributed by atoms with Crippen molar-refractivity contribution in [3.8, 4) is 0 Å². The lowest BCUT2D eigenvalue weighted by Crippen LogP contribution is -2.27. The highest BCUT2D eigenvalue weighted by Crippen LogP contribution is 2.31. The zero-order chi connectivity index (χ0) is 22.3. The summed E-state index contributed by atoms with van der Waals surface area (Å²) in [6.45, 7) is 5.96. The Balaban J connectivity index is 2.92. The van der Waals surface area contributed by atoms with Crippen LogP contribution in [0, 0.1) is 0 Å². The summed E-state index contributed by atoms with van der Waals surface area (Å²) in [4.78, 5) is 4.64. The van der Waals surface area contributed by atoms with Gasteiger partial charge in [-0.05, 0) is 33.4 Å². The number of alkyl halides is 6. The van der Waals surface area contributed by atoms with Crippen molar-refractivity contribution in [2.75, 3.05) is 32.0 Å². The molecule has 1 heterocycles. The molecule has 1 aliphatic heterocycles. The predicted octanol–water partition coefficient (Wildman–Crippen LogP) is 6.68. The summed E-state index contributed by atoms with van der Waals surface area (Å²) >= 11 is 36.2. The van der Waals surface area contributed by atoms with E-state index in [4.69, 9.17) is 88.6 Å². The van der Waals surface area contributed by atoms with Crippen molar-refractivity contribution < 1.29 is 18.9 Å². The van der Waals surface area contributed by atoms with E-state index in [1.54, 1.807) is 11.8 Å². The van der Waals surface area contributed by atoms with Gasteiger partial charge in [0.05, 0.1) is 24.3 Å². The van der Waals surface area contributed by atoms with E-state index in [1.165, 1.54) is 0 Å². The van der Waals surface area contributed by atoms with E-state index in [-0.39, 0.29) is 18.8 Å². The maximum absolute atomic E-state index is 5.79. The van der Waals surface area contributed by atoms with Gasteiger partial charge in [0.15, 0.2) is 6.29 Å². The van der Waals surface area contributed by atoms with Crippen molar-refractivity contribution in [3.05, 3.63) is 11.3 Å². The van der Waals surface area contributed by atoms with Gasteiger partial charge in [0.2, 0.25) is 13.5 Å². The van der Waals surface area contributed by atoms with Gasteiger partial charge in [-0.3, -0.25) is 0 Å². The van der Waals surface area contributed by atoms with Crippen LogP contribution >= 0.6 is 81.4 Å². The first-order valence-corrected chi connectivity index (χ1v) is 12.3. The minimum absolute atomic E-state index is 0.187. The number of nitrogens with zero attached hydrogens (tertiary/aromatic N) is 1. The van der Waals surface area contributed by atoms with Crippen molar-refractivity contribution in [2.24, 2.45) is 4.99 Å². The summed E-state index contributed by atoms with van der Waals surface area (Å²) in [6, 6.07) is 0. The fourth-order valence-electron chi connectivity index (χ4n) is 2.26. The van der Waals surface area contributed by atoms with Crippen LogP contribution in [0.5, 0.6) is 0 Å². The van der Waals surface area contributed by atoms with Gasteiger partial charge in [0, 0.05) is 6.42 Å². The molecule has 0 unspecified atom stereocenters. The Morgan fingerprint density at radius 3 is 2.10 bits per heavy atom. The smallest absolute Gasteiger partial charge is 0.216 e. The number of thioether (sulfide) groups is 1. The Morgan fingerprint density at radius 1 is 1.14 bits per heavy atom. The average Bonchev–Trinajstić information content (AvgIpc) is 2.92. The van der Waals surface area contributed by atoms with Gasteiger partial charge in [0.25, 0.3) is 0 Å². The molecule has 0 aromatic rings.